The van der Waals surface area contributed by atoms with E-state index in [2.05, 4.69) is 36.5 Å². The molecule has 4 nitrogen and oxygen atoms in total. The maximum atomic E-state index is 12.2. The Balaban J connectivity index is 1.66. The summed E-state index contributed by atoms with van der Waals surface area (Å²) in [4.78, 5) is 12.2. The van der Waals surface area contributed by atoms with E-state index < -0.39 is 5.41 Å². The van der Waals surface area contributed by atoms with E-state index >= 15 is 0 Å². The molecule has 3 rings (SSSR count). The number of fused-ring (bicyclic) bond motifs is 1. The molecule has 1 atom stereocenters. The van der Waals surface area contributed by atoms with E-state index in [9.17, 15) is 4.79 Å². The van der Waals surface area contributed by atoms with Crippen LogP contribution in [0.1, 0.15) is 45.2 Å². The minimum atomic E-state index is -0.428. The van der Waals surface area contributed by atoms with Crippen LogP contribution >= 0.6 is 0 Å². The van der Waals surface area contributed by atoms with Crippen LogP contribution in [-0.4, -0.2) is 18.6 Å². The monoisotopic (exact) mass is 379 g/mol. The summed E-state index contributed by atoms with van der Waals surface area (Å²) >= 11 is 0. The predicted octanol–water partition coefficient (Wildman–Crippen LogP) is 5.48. The number of hydrogen-bond donors (Lipinski definition) is 1. The summed E-state index contributed by atoms with van der Waals surface area (Å²) < 4.78 is 11.5. The number of hydrogen-bond acceptors (Lipinski definition) is 3. The highest BCUT2D eigenvalue weighted by Crippen LogP contribution is 2.35. The average molecular weight is 380 g/mol. The van der Waals surface area contributed by atoms with Crippen molar-refractivity contribution in [2.75, 3.05) is 12.4 Å². The molecule has 0 saturated heterocycles. The Morgan fingerprint density at radius 2 is 1.86 bits per heavy atom. The highest BCUT2D eigenvalue weighted by atomic mass is 16.5. The van der Waals surface area contributed by atoms with Crippen molar-refractivity contribution in [1.29, 1.82) is 0 Å². The molecule has 1 heterocycles. The molecule has 0 spiro atoms. The van der Waals surface area contributed by atoms with Crippen LogP contribution in [0.4, 0.5) is 5.69 Å². The number of amides is 1. The van der Waals surface area contributed by atoms with Crippen LogP contribution in [0.3, 0.4) is 0 Å². The molecule has 4 heteroatoms. The number of nitrogens with one attached hydrogen (secondary N) is 1. The first-order valence-corrected chi connectivity index (χ1v) is 9.65. The highest BCUT2D eigenvalue weighted by molar-refractivity contribution is 5.95. The minimum absolute atomic E-state index is 0.00233. The van der Waals surface area contributed by atoms with Gasteiger partial charge in [0, 0.05) is 16.7 Å². The summed E-state index contributed by atoms with van der Waals surface area (Å²) in [5, 5.41) is 2.97. The largest absolute Gasteiger partial charge is 0.497 e. The zero-order chi connectivity index (χ0) is 20.4. The number of ether oxygens (including phenoxy) is 2. The number of carbonyl (C=O) groups is 1. The van der Waals surface area contributed by atoms with E-state index in [0.717, 1.165) is 35.6 Å². The Bertz CT molecular complexity index is 878. The van der Waals surface area contributed by atoms with Crippen molar-refractivity contribution >= 4 is 17.7 Å². The molecular formula is C24H29NO3. The van der Waals surface area contributed by atoms with Gasteiger partial charge in [0.2, 0.25) is 5.91 Å². The third-order valence-corrected chi connectivity index (χ3v) is 4.98. The van der Waals surface area contributed by atoms with Gasteiger partial charge in [-0.05, 0) is 61.7 Å². The molecule has 1 N–H and O–H groups in total. The molecule has 0 bridgehead atoms. The molecule has 1 aliphatic rings. The number of methoxy groups -OCH3 is 1. The van der Waals surface area contributed by atoms with Crippen molar-refractivity contribution in [1.82, 2.24) is 0 Å². The SMILES string of the molecule is COc1ccc(CCC2(C)C=Cc3cc(NC(=O)C(C)(C)C)ccc3O2)cc1. The summed E-state index contributed by atoms with van der Waals surface area (Å²) in [6.45, 7) is 7.80. The quantitative estimate of drug-likeness (QED) is 0.748. The minimum Gasteiger partial charge on any atom is -0.497 e. The van der Waals surface area contributed by atoms with Gasteiger partial charge in [-0.3, -0.25) is 4.79 Å². The van der Waals surface area contributed by atoms with E-state index in [1.54, 1.807) is 7.11 Å². The second kappa shape index (κ2) is 7.70. The van der Waals surface area contributed by atoms with Gasteiger partial charge in [-0.2, -0.15) is 0 Å². The molecule has 0 saturated carbocycles. The van der Waals surface area contributed by atoms with Crippen molar-refractivity contribution in [2.24, 2.45) is 5.41 Å². The van der Waals surface area contributed by atoms with Crippen LogP contribution in [0.25, 0.3) is 6.08 Å². The van der Waals surface area contributed by atoms with Crippen molar-refractivity contribution in [2.45, 2.75) is 46.1 Å². The van der Waals surface area contributed by atoms with Crippen LogP contribution in [0.2, 0.25) is 0 Å². The lowest BCUT2D eigenvalue weighted by Crippen LogP contribution is -2.32. The summed E-state index contributed by atoms with van der Waals surface area (Å²) in [5.74, 6) is 1.71. The van der Waals surface area contributed by atoms with Crippen molar-refractivity contribution in [3.8, 4) is 11.5 Å². The zero-order valence-corrected chi connectivity index (χ0v) is 17.3. The molecule has 0 fully saturated rings. The lowest BCUT2D eigenvalue weighted by Gasteiger charge is -2.32. The smallest absolute Gasteiger partial charge is 0.229 e. The van der Waals surface area contributed by atoms with E-state index in [4.69, 9.17) is 9.47 Å². The zero-order valence-electron chi connectivity index (χ0n) is 17.3. The third kappa shape index (κ3) is 4.75. The molecule has 0 radical (unpaired) electrons. The number of aryl methyl sites for hydroxylation is 1. The van der Waals surface area contributed by atoms with Crippen LogP contribution in [0.5, 0.6) is 11.5 Å². The van der Waals surface area contributed by atoms with Crippen molar-refractivity contribution in [3.05, 3.63) is 59.7 Å². The molecule has 1 aliphatic heterocycles. The van der Waals surface area contributed by atoms with Gasteiger partial charge in [0.25, 0.3) is 0 Å². The molecule has 148 valence electrons. The summed E-state index contributed by atoms with van der Waals surface area (Å²) in [6, 6.07) is 13.9. The van der Waals surface area contributed by atoms with Gasteiger partial charge in [-0.1, -0.05) is 39.0 Å². The normalized spacial score (nSPS) is 18.2. The Kier molecular flexibility index (Phi) is 5.50. The number of anilines is 1. The van der Waals surface area contributed by atoms with Crippen LogP contribution in [-0.2, 0) is 11.2 Å². The van der Waals surface area contributed by atoms with E-state index in [1.807, 2.05) is 51.1 Å². The fourth-order valence-corrected chi connectivity index (χ4v) is 3.04. The van der Waals surface area contributed by atoms with Gasteiger partial charge in [-0.15, -0.1) is 0 Å². The second-order valence-corrected chi connectivity index (χ2v) is 8.55. The predicted molar refractivity (Wildman–Crippen MR) is 114 cm³/mol. The Hall–Kier alpha value is -2.75. The average Bonchev–Trinajstić information content (AvgIpc) is 2.66. The van der Waals surface area contributed by atoms with Gasteiger partial charge < -0.3 is 14.8 Å². The van der Waals surface area contributed by atoms with Crippen LogP contribution < -0.4 is 14.8 Å². The Morgan fingerprint density at radius 1 is 1.14 bits per heavy atom. The Labute approximate surface area is 167 Å². The van der Waals surface area contributed by atoms with Gasteiger partial charge >= 0.3 is 0 Å². The van der Waals surface area contributed by atoms with Gasteiger partial charge in [0.15, 0.2) is 0 Å². The fourth-order valence-electron chi connectivity index (χ4n) is 3.04. The fraction of sp³-hybridized carbons (Fsp3) is 0.375. The van der Waals surface area contributed by atoms with E-state index in [0.29, 0.717) is 0 Å². The molecule has 1 unspecified atom stereocenters. The van der Waals surface area contributed by atoms with Gasteiger partial charge in [0.1, 0.15) is 17.1 Å². The number of carbonyl (C=O) groups excluding carboxylic acids is 1. The topological polar surface area (TPSA) is 47.6 Å². The lowest BCUT2D eigenvalue weighted by molar-refractivity contribution is -0.123. The summed E-state index contributed by atoms with van der Waals surface area (Å²) in [6.07, 6.45) is 5.98. The lowest BCUT2D eigenvalue weighted by atomic mass is 9.92. The number of rotatable bonds is 5. The maximum absolute atomic E-state index is 12.2. The summed E-state index contributed by atoms with van der Waals surface area (Å²) in [7, 11) is 1.67. The third-order valence-electron chi connectivity index (χ3n) is 4.98. The summed E-state index contributed by atoms with van der Waals surface area (Å²) in [5.41, 5.74) is 2.23. The highest BCUT2D eigenvalue weighted by Gasteiger charge is 2.28. The molecule has 2 aromatic rings. The van der Waals surface area contributed by atoms with Crippen LogP contribution in [0.15, 0.2) is 48.5 Å². The van der Waals surface area contributed by atoms with Gasteiger partial charge in [-0.25, -0.2) is 0 Å². The molecule has 28 heavy (non-hydrogen) atoms. The molecule has 0 aromatic heterocycles. The first kappa shape index (κ1) is 20.0. The van der Waals surface area contributed by atoms with E-state index in [-0.39, 0.29) is 11.5 Å². The van der Waals surface area contributed by atoms with Crippen LogP contribution in [0, 0.1) is 5.41 Å². The van der Waals surface area contributed by atoms with E-state index in [1.165, 1.54) is 5.56 Å². The number of benzene rings is 2. The molecule has 1 amide bonds. The molecular weight excluding hydrogens is 350 g/mol. The molecule has 0 aliphatic carbocycles. The maximum Gasteiger partial charge on any atom is 0.229 e. The van der Waals surface area contributed by atoms with Crippen molar-refractivity contribution in [3.63, 3.8) is 0 Å². The molecule has 2 aromatic carbocycles. The Morgan fingerprint density at radius 3 is 2.50 bits per heavy atom. The second-order valence-electron chi connectivity index (χ2n) is 8.55. The first-order chi connectivity index (χ1) is 13.2. The standard InChI is InChI=1S/C24H29NO3/c1-23(2,3)22(26)25-19-8-11-21-18(16-19)13-15-24(4,28-21)14-12-17-6-9-20(27-5)10-7-17/h6-11,13,15-16H,12,14H2,1-5H3,(H,25,26). The first-order valence-electron chi connectivity index (χ1n) is 9.65. The van der Waals surface area contributed by atoms with Crippen molar-refractivity contribution < 1.29 is 14.3 Å². The van der Waals surface area contributed by atoms with Gasteiger partial charge in [0.05, 0.1) is 7.11 Å².